The number of piperazine rings is 1. The Balaban J connectivity index is 1.37. The van der Waals surface area contributed by atoms with E-state index in [1.165, 1.54) is 0 Å². The maximum absolute atomic E-state index is 12.9. The number of aromatic nitrogens is 1. The molecule has 32 heavy (non-hydrogen) atoms. The predicted molar refractivity (Wildman–Crippen MR) is 118 cm³/mol. The maximum Gasteiger partial charge on any atom is 0.245 e. The summed E-state index contributed by atoms with van der Waals surface area (Å²) in [4.78, 5) is 43.7. The predicted octanol–water partition coefficient (Wildman–Crippen LogP) is 2.20. The second kappa shape index (κ2) is 9.54. The third kappa shape index (κ3) is 4.69. The summed E-state index contributed by atoms with van der Waals surface area (Å²) >= 11 is 0. The highest BCUT2D eigenvalue weighted by atomic mass is 16.5. The van der Waals surface area contributed by atoms with Crippen LogP contribution in [0.15, 0.2) is 41.1 Å². The zero-order valence-corrected chi connectivity index (χ0v) is 18.7. The SMILES string of the molecule is CC(C)CN1CC(=O)N2CCN(C(=O)CCc3conc3-c3ccccc3)CCC2C1=O. The largest absolute Gasteiger partial charge is 0.364 e. The van der Waals surface area contributed by atoms with Crippen LogP contribution in [0.2, 0.25) is 0 Å². The fraction of sp³-hybridized carbons (Fsp3) is 0.500. The van der Waals surface area contributed by atoms with Gasteiger partial charge in [-0.3, -0.25) is 14.4 Å². The van der Waals surface area contributed by atoms with E-state index in [1.54, 1.807) is 21.0 Å². The van der Waals surface area contributed by atoms with E-state index < -0.39 is 6.04 Å². The molecule has 0 N–H and O–H groups in total. The van der Waals surface area contributed by atoms with Crippen LogP contribution in [0.4, 0.5) is 0 Å². The van der Waals surface area contributed by atoms with Gasteiger partial charge < -0.3 is 19.2 Å². The van der Waals surface area contributed by atoms with Crippen molar-refractivity contribution in [3.05, 3.63) is 42.2 Å². The van der Waals surface area contributed by atoms with E-state index in [0.717, 1.165) is 16.8 Å². The molecule has 1 aromatic heterocycles. The molecule has 170 valence electrons. The third-order valence-electron chi connectivity index (χ3n) is 6.14. The topological polar surface area (TPSA) is 87.0 Å². The summed E-state index contributed by atoms with van der Waals surface area (Å²) in [5.74, 6) is 0.301. The molecule has 1 aromatic carbocycles. The van der Waals surface area contributed by atoms with Crippen molar-refractivity contribution in [3.8, 4) is 11.3 Å². The van der Waals surface area contributed by atoms with Gasteiger partial charge in [-0.1, -0.05) is 49.3 Å². The number of fused-ring (bicyclic) bond motifs is 1. The average molecular weight is 439 g/mol. The van der Waals surface area contributed by atoms with E-state index >= 15 is 0 Å². The second-order valence-corrected chi connectivity index (χ2v) is 8.94. The van der Waals surface area contributed by atoms with Gasteiger partial charge in [0.2, 0.25) is 17.7 Å². The van der Waals surface area contributed by atoms with E-state index in [1.807, 2.05) is 44.2 Å². The van der Waals surface area contributed by atoms with Crippen molar-refractivity contribution in [2.45, 2.75) is 39.2 Å². The number of carbonyl (C=O) groups is 3. The number of carbonyl (C=O) groups excluding carboxylic acids is 3. The molecule has 8 heteroatoms. The Morgan fingerprint density at radius 2 is 1.94 bits per heavy atom. The first kappa shape index (κ1) is 22.0. The van der Waals surface area contributed by atoms with Gasteiger partial charge in [0.25, 0.3) is 0 Å². The molecule has 0 saturated carbocycles. The Kier molecular flexibility index (Phi) is 6.58. The first-order valence-corrected chi connectivity index (χ1v) is 11.3. The Hall–Kier alpha value is -3.16. The van der Waals surface area contributed by atoms with Crippen molar-refractivity contribution in [1.29, 1.82) is 0 Å². The summed E-state index contributed by atoms with van der Waals surface area (Å²) in [7, 11) is 0. The number of benzene rings is 1. The summed E-state index contributed by atoms with van der Waals surface area (Å²) in [6.07, 6.45) is 2.93. The highest BCUT2D eigenvalue weighted by Gasteiger charge is 2.41. The second-order valence-electron chi connectivity index (χ2n) is 8.94. The molecule has 2 aromatic rings. The molecule has 1 unspecified atom stereocenters. The van der Waals surface area contributed by atoms with Crippen molar-refractivity contribution in [2.24, 2.45) is 5.92 Å². The number of aryl methyl sites for hydroxylation is 1. The Labute approximate surface area is 188 Å². The molecule has 4 rings (SSSR count). The van der Waals surface area contributed by atoms with E-state index in [0.29, 0.717) is 51.4 Å². The summed E-state index contributed by atoms with van der Waals surface area (Å²) in [6.45, 7) is 6.13. The summed E-state index contributed by atoms with van der Waals surface area (Å²) in [5.41, 5.74) is 2.61. The molecule has 2 aliphatic heterocycles. The molecule has 8 nitrogen and oxygen atoms in total. The first-order valence-electron chi connectivity index (χ1n) is 11.3. The zero-order chi connectivity index (χ0) is 22.7. The fourth-order valence-electron chi connectivity index (χ4n) is 4.54. The van der Waals surface area contributed by atoms with Crippen LogP contribution in [0.1, 0.15) is 32.3 Å². The number of amides is 3. The summed E-state index contributed by atoms with van der Waals surface area (Å²) in [5, 5.41) is 4.10. The molecule has 0 aliphatic carbocycles. The van der Waals surface area contributed by atoms with E-state index in [2.05, 4.69) is 5.16 Å². The summed E-state index contributed by atoms with van der Waals surface area (Å²) < 4.78 is 5.16. The van der Waals surface area contributed by atoms with Gasteiger partial charge in [-0.2, -0.15) is 0 Å². The normalized spacial score (nSPS) is 19.3. The quantitative estimate of drug-likeness (QED) is 0.690. The molecule has 2 fully saturated rings. The van der Waals surface area contributed by atoms with Crippen molar-refractivity contribution < 1.29 is 18.9 Å². The standard InChI is InChI=1S/C24H30N4O4/c1-17(2)14-27-15-22(30)28-13-12-26(11-10-20(28)24(27)31)21(29)9-8-19-16-32-25-23(19)18-6-4-3-5-7-18/h3-7,16-17,20H,8-15H2,1-2H3. The van der Waals surface area contributed by atoms with Gasteiger partial charge in [0.05, 0.1) is 6.54 Å². The van der Waals surface area contributed by atoms with Crippen molar-refractivity contribution in [3.63, 3.8) is 0 Å². The number of nitrogens with zero attached hydrogens (tertiary/aromatic N) is 4. The molecular weight excluding hydrogens is 408 g/mol. The van der Waals surface area contributed by atoms with Crippen molar-refractivity contribution >= 4 is 17.7 Å². The van der Waals surface area contributed by atoms with Crippen LogP contribution in [0.3, 0.4) is 0 Å². The molecule has 3 heterocycles. The lowest BCUT2D eigenvalue weighted by Gasteiger charge is -2.39. The number of hydrogen-bond acceptors (Lipinski definition) is 5. The molecule has 0 bridgehead atoms. The van der Waals surface area contributed by atoms with Crippen LogP contribution < -0.4 is 0 Å². The van der Waals surface area contributed by atoms with Crippen LogP contribution in [-0.2, 0) is 20.8 Å². The zero-order valence-electron chi connectivity index (χ0n) is 18.7. The first-order chi connectivity index (χ1) is 15.4. The van der Waals surface area contributed by atoms with E-state index in [9.17, 15) is 14.4 Å². The highest BCUT2D eigenvalue weighted by molar-refractivity contribution is 5.95. The molecule has 2 saturated heterocycles. The van der Waals surface area contributed by atoms with Gasteiger partial charge in [-0.05, 0) is 18.8 Å². The van der Waals surface area contributed by atoms with E-state index in [-0.39, 0.29) is 24.3 Å². The molecule has 1 atom stereocenters. The van der Waals surface area contributed by atoms with Crippen LogP contribution in [-0.4, -0.2) is 76.3 Å². The van der Waals surface area contributed by atoms with E-state index in [4.69, 9.17) is 4.52 Å². The van der Waals surface area contributed by atoms with Gasteiger partial charge in [-0.25, -0.2) is 0 Å². The van der Waals surface area contributed by atoms with Crippen LogP contribution in [0.25, 0.3) is 11.3 Å². The minimum absolute atomic E-state index is 0.00423. The summed E-state index contributed by atoms with van der Waals surface area (Å²) in [6, 6.07) is 9.29. The van der Waals surface area contributed by atoms with Gasteiger partial charge in [0.1, 0.15) is 18.0 Å². The number of rotatable bonds is 6. The minimum atomic E-state index is -0.462. The smallest absolute Gasteiger partial charge is 0.245 e. The fourth-order valence-corrected chi connectivity index (χ4v) is 4.54. The lowest BCUT2D eigenvalue weighted by atomic mass is 10.0. The molecule has 3 amide bonds. The van der Waals surface area contributed by atoms with Gasteiger partial charge >= 0.3 is 0 Å². The monoisotopic (exact) mass is 438 g/mol. The van der Waals surface area contributed by atoms with Gasteiger partial charge in [-0.15, -0.1) is 0 Å². The Morgan fingerprint density at radius 1 is 1.16 bits per heavy atom. The van der Waals surface area contributed by atoms with Crippen LogP contribution in [0.5, 0.6) is 0 Å². The van der Waals surface area contributed by atoms with Crippen molar-refractivity contribution in [1.82, 2.24) is 19.9 Å². The third-order valence-corrected chi connectivity index (χ3v) is 6.14. The van der Waals surface area contributed by atoms with Gasteiger partial charge in [0.15, 0.2) is 0 Å². The lowest BCUT2D eigenvalue weighted by Crippen LogP contribution is -2.60. The minimum Gasteiger partial charge on any atom is -0.364 e. The molecule has 0 spiro atoms. The van der Waals surface area contributed by atoms with Crippen molar-refractivity contribution in [2.75, 3.05) is 32.7 Å². The van der Waals surface area contributed by atoms with Gasteiger partial charge in [0, 0.05) is 43.7 Å². The molecule has 0 radical (unpaired) electrons. The van der Waals surface area contributed by atoms with Crippen LogP contribution in [0, 0.1) is 5.92 Å². The van der Waals surface area contributed by atoms with Crippen LogP contribution >= 0.6 is 0 Å². The Morgan fingerprint density at radius 3 is 2.69 bits per heavy atom. The Bertz CT molecular complexity index is 971. The molecule has 2 aliphatic rings. The average Bonchev–Trinajstić information content (AvgIpc) is 3.13. The highest BCUT2D eigenvalue weighted by Crippen LogP contribution is 2.24. The lowest BCUT2D eigenvalue weighted by molar-refractivity contribution is -0.156. The molecular formula is C24H30N4O4. The number of hydrogen-bond donors (Lipinski definition) is 0. The maximum atomic E-state index is 12.9.